The Kier molecular flexibility index (Phi) is 3.25. The highest BCUT2D eigenvalue weighted by atomic mass is 32.2. The molecule has 4 nitrogen and oxygen atoms in total. The van der Waals surface area contributed by atoms with E-state index in [1.54, 1.807) is 23.1 Å². The van der Waals surface area contributed by atoms with Crippen molar-refractivity contribution in [2.24, 2.45) is 0 Å². The highest BCUT2D eigenvalue weighted by Crippen LogP contribution is 2.28. The number of hydrogen-bond donors (Lipinski definition) is 0. The van der Waals surface area contributed by atoms with Gasteiger partial charge in [-0.05, 0) is 23.6 Å². The second-order valence-corrected chi connectivity index (χ2v) is 6.37. The molecule has 0 saturated heterocycles. The van der Waals surface area contributed by atoms with Crippen molar-refractivity contribution in [2.45, 2.75) is 10.9 Å². The number of nitrogens with zero attached hydrogens (tertiary/aromatic N) is 3. The fraction of sp³-hybridized carbons (Fsp3) is 0.0667. The molecule has 0 aliphatic carbocycles. The van der Waals surface area contributed by atoms with Crippen LogP contribution in [0.25, 0.3) is 16.2 Å². The van der Waals surface area contributed by atoms with Gasteiger partial charge >= 0.3 is 0 Å². The standard InChI is InChI=1S/C15H11N3OS2/c1-2-6-18-12(4-1)9-16-15(18)21-10-11-8-13(19-17-11)14-5-3-7-20-14/h1-9H,10H2. The summed E-state index contributed by atoms with van der Waals surface area (Å²) < 4.78 is 7.46. The van der Waals surface area contributed by atoms with Gasteiger partial charge in [-0.15, -0.1) is 11.3 Å². The Morgan fingerprint density at radius 2 is 2.24 bits per heavy atom. The van der Waals surface area contributed by atoms with Gasteiger partial charge in [-0.1, -0.05) is 29.1 Å². The molecular weight excluding hydrogens is 302 g/mol. The maximum atomic E-state index is 5.39. The van der Waals surface area contributed by atoms with E-state index in [-0.39, 0.29) is 0 Å². The molecule has 0 atom stereocenters. The molecule has 0 bridgehead atoms. The van der Waals surface area contributed by atoms with Gasteiger partial charge in [0.2, 0.25) is 0 Å². The largest absolute Gasteiger partial charge is 0.355 e. The summed E-state index contributed by atoms with van der Waals surface area (Å²) in [5.41, 5.74) is 2.02. The van der Waals surface area contributed by atoms with E-state index in [9.17, 15) is 0 Å². The zero-order chi connectivity index (χ0) is 14.1. The molecular formula is C15H11N3OS2. The van der Waals surface area contributed by atoms with Crippen molar-refractivity contribution in [1.29, 1.82) is 0 Å². The summed E-state index contributed by atoms with van der Waals surface area (Å²) >= 11 is 3.30. The van der Waals surface area contributed by atoms with E-state index < -0.39 is 0 Å². The first kappa shape index (κ1) is 12.7. The first-order chi connectivity index (χ1) is 10.4. The summed E-state index contributed by atoms with van der Waals surface area (Å²) in [5.74, 6) is 1.57. The molecule has 6 heteroatoms. The SMILES string of the molecule is c1csc(-c2cc(CSc3ncc4ccccn34)no2)c1. The molecule has 4 rings (SSSR count). The smallest absolute Gasteiger partial charge is 0.177 e. The van der Waals surface area contributed by atoms with Crippen molar-refractivity contribution in [2.75, 3.05) is 0 Å². The van der Waals surface area contributed by atoms with Crippen molar-refractivity contribution >= 4 is 28.6 Å². The zero-order valence-corrected chi connectivity index (χ0v) is 12.6. The fourth-order valence-electron chi connectivity index (χ4n) is 2.08. The second-order valence-electron chi connectivity index (χ2n) is 4.48. The highest BCUT2D eigenvalue weighted by molar-refractivity contribution is 7.98. The Bertz CT molecular complexity index is 864. The van der Waals surface area contributed by atoms with Crippen molar-refractivity contribution in [3.63, 3.8) is 0 Å². The molecule has 0 N–H and O–H groups in total. The fourth-order valence-corrected chi connectivity index (χ4v) is 3.60. The molecule has 0 saturated carbocycles. The lowest BCUT2D eigenvalue weighted by molar-refractivity contribution is 0.427. The number of rotatable bonds is 4. The highest BCUT2D eigenvalue weighted by Gasteiger charge is 2.09. The number of hydrogen-bond acceptors (Lipinski definition) is 5. The van der Waals surface area contributed by atoms with Crippen LogP contribution in [0.1, 0.15) is 5.69 Å². The lowest BCUT2D eigenvalue weighted by atomic mass is 10.3. The van der Waals surface area contributed by atoms with E-state index in [4.69, 9.17) is 4.52 Å². The van der Waals surface area contributed by atoms with E-state index in [2.05, 4.69) is 14.5 Å². The van der Waals surface area contributed by atoms with E-state index >= 15 is 0 Å². The second kappa shape index (κ2) is 5.38. The number of fused-ring (bicyclic) bond motifs is 1. The zero-order valence-electron chi connectivity index (χ0n) is 11.0. The van der Waals surface area contributed by atoms with Crippen molar-refractivity contribution < 1.29 is 4.52 Å². The first-order valence-corrected chi connectivity index (χ1v) is 8.31. The number of thiophene rings is 1. The summed E-state index contributed by atoms with van der Waals surface area (Å²) in [6, 6.07) is 12.1. The minimum absolute atomic E-state index is 0.739. The van der Waals surface area contributed by atoms with Gasteiger partial charge in [-0.3, -0.25) is 4.40 Å². The minimum atomic E-state index is 0.739. The van der Waals surface area contributed by atoms with Crippen LogP contribution in [0.3, 0.4) is 0 Å². The van der Waals surface area contributed by atoms with Crippen molar-refractivity contribution in [3.05, 3.63) is 59.9 Å². The molecule has 0 aliphatic rings. The third kappa shape index (κ3) is 2.48. The quantitative estimate of drug-likeness (QED) is 0.526. The third-order valence-corrected chi connectivity index (χ3v) is 4.96. The molecule has 0 radical (unpaired) electrons. The van der Waals surface area contributed by atoms with Crippen LogP contribution in [0.2, 0.25) is 0 Å². The summed E-state index contributed by atoms with van der Waals surface area (Å²) in [7, 11) is 0. The minimum Gasteiger partial charge on any atom is -0.355 e. The molecule has 4 aromatic rings. The van der Waals surface area contributed by atoms with Crippen LogP contribution >= 0.6 is 23.1 Å². The maximum absolute atomic E-state index is 5.39. The number of imidazole rings is 1. The predicted octanol–water partition coefficient (Wildman–Crippen LogP) is 4.34. The average molecular weight is 313 g/mol. The van der Waals surface area contributed by atoms with Crippen molar-refractivity contribution in [3.8, 4) is 10.6 Å². The van der Waals surface area contributed by atoms with Crippen LogP contribution in [0.4, 0.5) is 0 Å². The summed E-state index contributed by atoms with van der Waals surface area (Å²) in [5, 5.41) is 7.12. The Morgan fingerprint density at radius 3 is 3.14 bits per heavy atom. The molecule has 0 spiro atoms. The van der Waals surface area contributed by atoms with E-state index in [1.807, 2.05) is 54.2 Å². The molecule has 21 heavy (non-hydrogen) atoms. The Labute approximate surface area is 129 Å². The summed E-state index contributed by atoms with van der Waals surface area (Å²) in [6.07, 6.45) is 3.90. The van der Waals surface area contributed by atoms with Crippen LogP contribution in [-0.2, 0) is 5.75 Å². The summed E-state index contributed by atoms with van der Waals surface area (Å²) in [6.45, 7) is 0. The van der Waals surface area contributed by atoms with Crippen LogP contribution in [-0.4, -0.2) is 14.5 Å². The molecule has 104 valence electrons. The Balaban J connectivity index is 1.52. The van der Waals surface area contributed by atoms with E-state index in [1.165, 1.54) is 0 Å². The van der Waals surface area contributed by atoms with Gasteiger partial charge in [0, 0.05) is 18.0 Å². The van der Waals surface area contributed by atoms with Crippen molar-refractivity contribution in [1.82, 2.24) is 14.5 Å². The van der Waals surface area contributed by atoms with Crippen LogP contribution in [0.15, 0.2) is 63.9 Å². The summed E-state index contributed by atoms with van der Waals surface area (Å²) in [4.78, 5) is 5.54. The number of thioether (sulfide) groups is 1. The molecule has 4 heterocycles. The van der Waals surface area contributed by atoms with Crippen LogP contribution in [0, 0.1) is 0 Å². The predicted molar refractivity (Wildman–Crippen MR) is 84.6 cm³/mol. The molecule has 4 aromatic heterocycles. The van der Waals surface area contributed by atoms with Crippen LogP contribution < -0.4 is 0 Å². The van der Waals surface area contributed by atoms with E-state index in [0.29, 0.717) is 0 Å². The van der Waals surface area contributed by atoms with Gasteiger partial charge in [-0.25, -0.2) is 4.98 Å². The number of aromatic nitrogens is 3. The molecule has 0 amide bonds. The van der Waals surface area contributed by atoms with Gasteiger partial charge in [0.05, 0.1) is 22.3 Å². The Morgan fingerprint density at radius 1 is 1.24 bits per heavy atom. The first-order valence-electron chi connectivity index (χ1n) is 6.44. The molecule has 0 unspecified atom stereocenters. The monoisotopic (exact) mass is 313 g/mol. The van der Waals surface area contributed by atoms with Gasteiger partial charge in [0.1, 0.15) is 0 Å². The topological polar surface area (TPSA) is 43.3 Å². The molecule has 0 fully saturated rings. The van der Waals surface area contributed by atoms with Gasteiger partial charge < -0.3 is 4.52 Å². The lowest BCUT2D eigenvalue weighted by Gasteiger charge is -1.98. The number of pyridine rings is 1. The maximum Gasteiger partial charge on any atom is 0.177 e. The average Bonchev–Trinajstić information content (AvgIpc) is 3.25. The molecule has 0 aliphatic heterocycles. The van der Waals surface area contributed by atoms with Gasteiger partial charge in [0.25, 0.3) is 0 Å². The lowest BCUT2D eigenvalue weighted by Crippen LogP contribution is -1.87. The van der Waals surface area contributed by atoms with E-state index in [0.717, 1.165) is 32.8 Å². The van der Waals surface area contributed by atoms with Gasteiger partial charge in [-0.2, -0.15) is 0 Å². The third-order valence-electron chi connectivity index (χ3n) is 3.08. The van der Waals surface area contributed by atoms with Gasteiger partial charge in [0.15, 0.2) is 10.9 Å². The Hall–Kier alpha value is -2.05. The molecule has 0 aromatic carbocycles. The van der Waals surface area contributed by atoms with Crippen LogP contribution in [0.5, 0.6) is 0 Å². The normalized spacial score (nSPS) is 11.2.